The molecule has 0 bridgehead atoms. The zero-order valence-electron chi connectivity index (χ0n) is 18.8. The van der Waals surface area contributed by atoms with Crippen molar-refractivity contribution in [3.8, 4) is 11.5 Å². The molecule has 1 heterocycles. The molecule has 2 aromatic carbocycles. The summed E-state index contributed by atoms with van der Waals surface area (Å²) in [7, 11) is 1.54. The Kier molecular flexibility index (Phi) is 8.05. The van der Waals surface area contributed by atoms with Gasteiger partial charge in [0.2, 0.25) is 5.91 Å². The van der Waals surface area contributed by atoms with Crippen LogP contribution in [0.25, 0.3) is 6.08 Å². The molecule has 3 rings (SSSR count). The topological polar surface area (TPSA) is 84.9 Å². The number of carbonyl (C=O) groups is 3. The molecule has 1 saturated heterocycles. The fraction of sp³-hybridized carbons (Fsp3) is 0.292. The number of hydrogen-bond donors (Lipinski definition) is 1. The van der Waals surface area contributed by atoms with E-state index >= 15 is 0 Å². The number of imide groups is 1. The summed E-state index contributed by atoms with van der Waals surface area (Å²) in [6, 6.07) is 10.4. The van der Waals surface area contributed by atoms with E-state index in [0.29, 0.717) is 27.8 Å². The number of amides is 3. The lowest BCUT2D eigenvalue weighted by Gasteiger charge is -2.15. The second kappa shape index (κ2) is 10.8. The van der Waals surface area contributed by atoms with Gasteiger partial charge in [0, 0.05) is 10.7 Å². The van der Waals surface area contributed by atoms with E-state index in [2.05, 4.69) is 5.32 Å². The van der Waals surface area contributed by atoms with Crippen molar-refractivity contribution in [1.29, 1.82) is 0 Å². The molecule has 1 aliphatic heterocycles. The number of aryl methyl sites for hydroxylation is 1. The molecule has 9 heteroatoms. The quantitative estimate of drug-likeness (QED) is 0.493. The first-order valence-electron chi connectivity index (χ1n) is 10.4. The Morgan fingerprint density at radius 1 is 1.21 bits per heavy atom. The highest BCUT2D eigenvalue weighted by Crippen LogP contribution is 2.35. The molecule has 0 unspecified atom stereocenters. The number of anilines is 1. The van der Waals surface area contributed by atoms with Crippen molar-refractivity contribution >= 4 is 52.2 Å². The van der Waals surface area contributed by atoms with E-state index in [9.17, 15) is 14.4 Å². The summed E-state index contributed by atoms with van der Waals surface area (Å²) in [6.07, 6.45) is 2.48. The number of nitrogens with zero attached hydrogens (tertiary/aromatic N) is 1. The van der Waals surface area contributed by atoms with Crippen molar-refractivity contribution in [2.75, 3.05) is 19.0 Å². The van der Waals surface area contributed by atoms with Crippen LogP contribution in [0.4, 0.5) is 10.5 Å². The van der Waals surface area contributed by atoms with Gasteiger partial charge in [0.25, 0.3) is 11.1 Å². The summed E-state index contributed by atoms with van der Waals surface area (Å²) >= 11 is 6.86. The zero-order valence-corrected chi connectivity index (χ0v) is 20.4. The SMILES string of the molecule is CC[C@@H](C)Oc1ccc(/C=C2\SC(=O)N(CC(=O)Nc3ccc(C)c(Cl)c3)C2=O)cc1OC. The molecular formula is C24H25ClN2O5S. The van der Waals surface area contributed by atoms with Gasteiger partial charge in [-0.1, -0.05) is 30.7 Å². The first-order chi connectivity index (χ1) is 15.7. The summed E-state index contributed by atoms with van der Waals surface area (Å²) in [4.78, 5) is 38.7. The van der Waals surface area contributed by atoms with E-state index in [1.807, 2.05) is 20.8 Å². The molecule has 1 fully saturated rings. The summed E-state index contributed by atoms with van der Waals surface area (Å²) < 4.78 is 11.2. The van der Waals surface area contributed by atoms with E-state index < -0.39 is 23.6 Å². The average molecular weight is 489 g/mol. The van der Waals surface area contributed by atoms with Gasteiger partial charge in [0.15, 0.2) is 11.5 Å². The number of rotatable bonds is 8. The minimum Gasteiger partial charge on any atom is -0.493 e. The number of thioether (sulfide) groups is 1. The summed E-state index contributed by atoms with van der Waals surface area (Å²) in [5.74, 6) is 0.108. The largest absolute Gasteiger partial charge is 0.493 e. The number of nitrogens with one attached hydrogen (secondary N) is 1. The third-order valence-electron chi connectivity index (χ3n) is 5.02. The molecule has 7 nitrogen and oxygen atoms in total. The summed E-state index contributed by atoms with van der Waals surface area (Å²) in [6.45, 7) is 5.45. The lowest BCUT2D eigenvalue weighted by Crippen LogP contribution is -2.36. The van der Waals surface area contributed by atoms with Gasteiger partial charge < -0.3 is 14.8 Å². The van der Waals surface area contributed by atoms with E-state index in [-0.39, 0.29) is 11.0 Å². The van der Waals surface area contributed by atoms with Crippen molar-refractivity contribution < 1.29 is 23.9 Å². The number of hydrogen-bond acceptors (Lipinski definition) is 6. The number of carbonyl (C=O) groups excluding carboxylic acids is 3. The minimum atomic E-state index is -0.527. The first-order valence-corrected chi connectivity index (χ1v) is 11.6. The minimum absolute atomic E-state index is 0.0309. The lowest BCUT2D eigenvalue weighted by atomic mass is 10.1. The molecule has 1 N–H and O–H groups in total. The molecule has 1 atom stereocenters. The Labute approximate surface area is 202 Å². The van der Waals surface area contributed by atoms with Crippen LogP contribution in [0.3, 0.4) is 0 Å². The van der Waals surface area contributed by atoms with Crippen LogP contribution in [0.15, 0.2) is 41.3 Å². The molecule has 0 spiro atoms. The van der Waals surface area contributed by atoms with Gasteiger partial charge in [-0.3, -0.25) is 19.3 Å². The van der Waals surface area contributed by atoms with Crippen LogP contribution in [0.5, 0.6) is 11.5 Å². The van der Waals surface area contributed by atoms with Crippen LogP contribution in [0, 0.1) is 6.92 Å². The summed E-state index contributed by atoms with van der Waals surface area (Å²) in [5.41, 5.74) is 2.04. The van der Waals surface area contributed by atoms with Crippen molar-refractivity contribution in [3.63, 3.8) is 0 Å². The second-order valence-corrected chi connectivity index (χ2v) is 8.93. The predicted octanol–water partition coefficient (Wildman–Crippen LogP) is 5.51. The molecule has 1 aliphatic rings. The third-order valence-corrected chi connectivity index (χ3v) is 6.33. The molecule has 0 radical (unpaired) electrons. The van der Waals surface area contributed by atoms with Crippen LogP contribution in [-0.4, -0.2) is 41.7 Å². The normalized spacial score (nSPS) is 15.7. The molecule has 33 heavy (non-hydrogen) atoms. The molecule has 3 amide bonds. The maximum atomic E-state index is 12.8. The van der Waals surface area contributed by atoms with Crippen molar-refractivity contribution in [1.82, 2.24) is 4.90 Å². The van der Waals surface area contributed by atoms with Crippen LogP contribution in [-0.2, 0) is 9.59 Å². The Balaban J connectivity index is 1.71. The van der Waals surface area contributed by atoms with E-state index in [1.165, 1.54) is 7.11 Å². The highest BCUT2D eigenvalue weighted by atomic mass is 35.5. The molecule has 174 valence electrons. The maximum absolute atomic E-state index is 12.8. The van der Waals surface area contributed by atoms with E-state index in [0.717, 1.165) is 28.6 Å². The monoisotopic (exact) mass is 488 g/mol. The van der Waals surface area contributed by atoms with Crippen LogP contribution < -0.4 is 14.8 Å². The lowest BCUT2D eigenvalue weighted by molar-refractivity contribution is -0.127. The predicted molar refractivity (Wildman–Crippen MR) is 131 cm³/mol. The number of methoxy groups -OCH3 is 1. The zero-order chi connectivity index (χ0) is 24.1. The molecule has 0 saturated carbocycles. The van der Waals surface area contributed by atoms with Gasteiger partial charge in [0.05, 0.1) is 18.1 Å². The van der Waals surface area contributed by atoms with E-state index in [4.69, 9.17) is 21.1 Å². The molecule has 0 aromatic heterocycles. The van der Waals surface area contributed by atoms with Gasteiger partial charge in [-0.25, -0.2) is 0 Å². The summed E-state index contributed by atoms with van der Waals surface area (Å²) in [5, 5.41) is 2.66. The first kappa shape index (κ1) is 24.7. The van der Waals surface area contributed by atoms with Crippen molar-refractivity contribution in [2.45, 2.75) is 33.3 Å². The van der Waals surface area contributed by atoms with Crippen LogP contribution in [0.2, 0.25) is 5.02 Å². The molecule has 0 aliphatic carbocycles. The highest BCUT2D eigenvalue weighted by molar-refractivity contribution is 8.18. The maximum Gasteiger partial charge on any atom is 0.294 e. The average Bonchev–Trinajstić information content (AvgIpc) is 3.04. The Bertz CT molecular complexity index is 1120. The Morgan fingerprint density at radius 2 is 1.97 bits per heavy atom. The Hall–Kier alpha value is -2.97. The van der Waals surface area contributed by atoms with Crippen LogP contribution in [0.1, 0.15) is 31.4 Å². The Morgan fingerprint density at radius 3 is 2.64 bits per heavy atom. The molecule has 2 aromatic rings. The van der Waals surface area contributed by atoms with Gasteiger partial charge >= 0.3 is 0 Å². The van der Waals surface area contributed by atoms with Gasteiger partial charge in [-0.15, -0.1) is 0 Å². The van der Waals surface area contributed by atoms with Gasteiger partial charge in [-0.2, -0.15) is 0 Å². The third kappa shape index (κ3) is 6.09. The highest BCUT2D eigenvalue weighted by Gasteiger charge is 2.36. The number of benzene rings is 2. The fourth-order valence-corrected chi connectivity index (χ4v) is 3.99. The van der Waals surface area contributed by atoms with Gasteiger partial charge in [-0.05, 0) is 73.5 Å². The van der Waals surface area contributed by atoms with Crippen LogP contribution >= 0.6 is 23.4 Å². The molecular weight excluding hydrogens is 464 g/mol. The standard InChI is InChI=1S/C24H25ClN2O5S/c1-5-15(3)32-19-9-7-16(10-20(19)31-4)11-21-23(29)27(24(30)33-21)13-22(28)26-17-8-6-14(2)18(25)12-17/h6-12,15H,5,13H2,1-4H3,(H,26,28)/b21-11-/t15-/m1/s1. The van der Waals surface area contributed by atoms with Gasteiger partial charge in [0.1, 0.15) is 6.54 Å². The second-order valence-electron chi connectivity index (χ2n) is 7.53. The van der Waals surface area contributed by atoms with E-state index in [1.54, 1.807) is 42.5 Å². The smallest absolute Gasteiger partial charge is 0.294 e. The number of halogens is 1. The van der Waals surface area contributed by atoms with Crippen molar-refractivity contribution in [2.24, 2.45) is 0 Å². The number of ether oxygens (including phenoxy) is 2. The fourth-order valence-electron chi connectivity index (χ4n) is 2.97. The van der Waals surface area contributed by atoms with Crippen molar-refractivity contribution in [3.05, 3.63) is 57.5 Å².